The molecule has 1 aliphatic rings. The molecule has 0 unspecified atom stereocenters. The van der Waals surface area contributed by atoms with Crippen LogP contribution in [0.3, 0.4) is 0 Å². The van der Waals surface area contributed by atoms with E-state index in [1.807, 2.05) is 0 Å². The summed E-state index contributed by atoms with van der Waals surface area (Å²) in [6, 6.07) is 4.71. The maximum absolute atomic E-state index is 12.1. The Morgan fingerprint density at radius 2 is 2.00 bits per heavy atom. The number of hydrogen-bond acceptors (Lipinski definition) is 4. The second-order valence-corrected chi connectivity index (χ2v) is 7.31. The number of alkyl carbamates (subject to hydrolysis) is 1. The molecule has 1 aliphatic heterocycles. The van der Waals surface area contributed by atoms with Crippen molar-refractivity contribution >= 4 is 52.8 Å². The predicted octanol–water partition coefficient (Wildman–Crippen LogP) is 2.92. The second kappa shape index (κ2) is 7.92. The summed E-state index contributed by atoms with van der Waals surface area (Å²) in [4.78, 5) is 33.6. The third kappa shape index (κ3) is 5.89. The summed E-state index contributed by atoms with van der Waals surface area (Å²) in [5, 5.41) is 5.73. The molecule has 2 N–H and O–H groups in total. The quantitative estimate of drug-likeness (QED) is 0.560. The molecule has 1 heterocycles. The van der Waals surface area contributed by atoms with E-state index in [1.165, 1.54) is 6.07 Å². The number of carbonyl (C=O) groups excluding carboxylic acids is 2. The average molecular weight is 400 g/mol. The van der Waals surface area contributed by atoms with E-state index in [9.17, 15) is 9.59 Å². The topological polar surface area (TPSA) is 95.4 Å². The van der Waals surface area contributed by atoms with Gasteiger partial charge in [0.15, 0.2) is 0 Å². The van der Waals surface area contributed by atoms with Crippen LogP contribution in [0.4, 0.5) is 10.5 Å². The summed E-state index contributed by atoms with van der Waals surface area (Å²) in [5.74, 6) is -0.0241. The molecule has 0 bridgehead atoms. The van der Waals surface area contributed by atoms with Crippen LogP contribution in [0.5, 0.6) is 0 Å². The molecule has 1 fully saturated rings. The number of ether oxygens (including phenoxy) is 1. The lowest BCUT2D eigenvalue weighted by Gasteiger charge is -2.19. The molecule has 1 saturated heterocycles. The molecule has 0 radical (unpaired) electrons. The third-order valence-corrected chi connectivity index (χ3v) is 3.70. The van der Waals surface area contributed by atoms with Crippen LogP contribution in [0.1, 0.15) is 20.8 Å². The Morgan fingerprint density at radius 1 is 1.31 bits per heavy atom. The first-order chi connectivity index (χ1) is 12.0. The highest BCUT2D eigenvalue weighted by atomic mass is 35.5. The Balaban J connectivity index is 2.33. The van der Waals surface area contributed by atoms with Crippen LogP contribution < -0.4 is 10.6 Å². The van der Waals surface area contributed by atoms with Crippen molar-refractivity contribution in [2.24, 2.45) is 9.98 Å². The van der Waals surface area contributed by atoms with Gasteiger partial charge < -0.3 is 9.64 Å². The molecule has 8 nitrogen and oxygen atoms in total. The maximum atomic E-state index is 12.1. The van der Waals surface area contributed by atoms with E-state index in [1.54, 1.807) is 44.9 Å². The van der Waals surface area contributed by atoms with Crippen LogP contribution in [0.15, 0.2) is 28.2 Å². The summed E-state index contributed by atoms with van der Waals surface area (Å²) in [7, 11) is 1.68. The van der Waals surface area contributed by atoms with Crippen LogP contribution in [-0.2, 0) is 9.53 Å². The number of guanidine groups is 2. The number of carbonyl (C=O) groups is 2. The average Bonchev–Trinajstić information content (AvgIpc) is 2.78. The number of nitrogens with one attached hydrogen (secondary N) is 2. The van der Waals surface area contributed by atoms with Crippen molar-refractivity contribution < 1.29 is 14.3 Å². The molecule has 0 atom stereocenters. The summed E-state index contributed by atoms with van der Waals surface area (Å²) >= 11 is 11.9. The van der Waals surface area contributed by atoms with Gasteiger partial charge in [-0.15, -0.1) is 0 Å². The van der Waals surface area contributed by atoms with Gasteiger partial charge in [-0.25, -0.2) is 9.79 Å². The number of aliphatic imine (C=N–C) groups is 2. The van der Waals surface area contributed by atoms with Crippen molar-refractivity contribution in [3.05, 3.63) is 28.2 Å². The Bertz CT molecular complexity index is 787. The van der Waals surface area contributed by atoms with Gasteiger partial charge in [0.05, 0.1) is 22.3 Å². The van der Waals surface area contributed by atoms with E-state index in [-0.39, 0.29) is 24.4 Å². The molecule has 0 spiro atoms. The fourth-order valence-corrected chi connectivity index (χ4v) is 2.21. The highest BCUT2D eigenvalue weighted by Gasteiger charge is 2.23. The smallest absolute Gasteiger partial charge is 0.414 e. The minimum atomic E-state index is -0.729. The van der Waals surface area contributed by atoms with Gasteiger partial charge in [0, 0.05) is 7.05 Å². The number of amides is 2. The standard InChI is InChI=1S/C16H19Cl2N5O3/c1-16(2,3)26-15(25)22-13(21-14-20-12(24)8-23(14)4)19-9-5-6-10(17)11(18)7-9/h5-7H,8H2,1-4H3,(H2,19,20,21,22,24,25). The number of hydrogen-bond donors (Lipinski definition) is 2. The van der Waals surface area contributed by atoms with Crippen molar-refractivity contribution in [3.63, 3.8) is 0 Å². The molecule has 1 aromatic rings. The number of nitrogens with zero attached hydrogens (tertiary/aromatic N) is 3. The zero-order chi connectivity index (χ0) is 19.5. The van der Waals surface area contributed by atoms with Gasteiger partial charge in [0.2, 0.25) is 17.8 Å². The molecule has 140 valence electrons. The van der Waals surface area contributed by atoms with Gasteiger partial charge in [-0.1, -0.05) is 23.2 Å². The zero-order valence-electron chi connectivity index (χ0n) is 14.8. The largest absolute Gasteiger partial charge is 0.444 e. The van der Waals surface area contributed by atoms with E-state index in [4.69, 9.17) is 27.9 Å². The van der Waals surface area contributed by atoms with E-state index in [0.29, 0.717) is 15.7 Å². The van der Waals surface area contributed by atoms with Gasteiger partial charge in [-0.2, -0.15) is 4.99 Å². The molecule has 0 aromatic heterocycles. The van der Waals surface area contributed by atoms with Crippen LogP contribution in [0, 0.1) is 0 Å². The number of likely N-dealkylation sites (N-methyl/N-ethyl adjacent to an activating group) is 1. The van der Waals surface area contributed by atoms with E-state index in [2.05, 4.69) is 20.6 Å². The molecule has 1 aromatic carbocycles. The first-order valence-corrected chi connectivity index (χ1v) is 8.42. The normalized spacial score (nSPS) is 16.7. The van der Waals surface area contributed by atoms with Crippen LogP contribution in [-0.4, -0.2) is 48.0 Å². The van der Waals surface area contributed by atoms with Crippen molar-refractivity contribution in [2.75, 3.05) is 13.6 Å². The number of rotatable bonds is 1. The minimum Gasteiger partial charge on any atom is -0.444 e. The van der Waals surface area contributed by atoms with Crippen LogP contribution in [0.25, 0.3) is 0 Å². The lowest BCUT2D eigenvalue weighted by molar-refractivity contribution is -0.118. The van der Waals surface area contributed by atoms with Gasteiger partial charge in [-0.05, 0) is 39.0 Å². The zero-order valence-corrected chi connectivity index (χ0v) is 16.3. The van der Waals surface area contributed by atoms with Crippen molar-refractivity contribution in [1.29, 1.82) is 0 Å². The first-order valence-electron chi connectivity index (χ1n) is 7.67. The highest BCUT2D eigenvalue weighted by Crippen LogP contribution is 2.26. The summed E-state index contributed by atoms with van der Waals surface area (Å²) in [6.07, 6.45) is -0.729. The Kier molecular flexibility index (Phi) is 6.09. The SMILES string of the molecule is CN1CC(=O)N/C1=N/C(=Nc1ccc(Cl)c(Cl)c1)NC(=O)OC(C)(C)C. The first kappa shape index (κ1) is 20.0. The van der Waals surface area contributed by atoms with Gasteiger partial charge in [0.1, 0.15) is 5.60 Å². The fraction of sp³-hybridized carbons (Fsp3) is 0.375. The van der Waals surface area contributed by atoms with Gasteiger partial charge >= 0.3 is 6.09 Å². The van der Waals surface area contributed by atoms with Gasteiger partial charge in [-0.3, -0.25) is 15.4 Å². The Morgan fingerprint density at radius 3 is 2.54 bits per heavy atom. The summed E-state index contributed by atoms with van der Waals surface area (Å²) in [6.45, 7) is 5.36. The molecule has 0 aliphatic carbocycles. The Hall–Kier alpha value is -2.32. The molecule has 0 saturated carbocycles. The lowest BCUT2D eigenvalue weighted by Crippen LogP contribution is -2.37. The maximum Gasteiger partial charge on any atom is 0.414 e. The number of benzene rings is 1. The fourth-order valence-electron chi connectivity index (χ4n) is 1.92. The Labute approximate surface area is 161 Å². The van der Waals surface area contributed by atoms with Gasteiger partial charge in [0.25, 0.3) is 0 Å². The van der Waals surface area contributed by atoms with Crippen molar-refractivity contribution in [2.45, 2.75) is 26.4 Å². The predicted molar refractivity (Wildman–Crippen MR) is 101 cm³/mol. The molecule has 10 heteroatoms. The second-order valence-electron chi connectivity index (χ2n) is 6.50. The van der Waals surface area contributed by atoms with Crippen LogP contribution >= 0.6 is 23.2 Å². The van der Waals surface area contributed by atoms with E-state index in [0.717, 1.165) is 0 Å². The van der Waals surface area contributed by atoms with Crippen molar-refractivity contribution in [1.82, 2.24) is 15.5 Å². The summed E-state index contributed by atoms with van der Waals surface area (Å²) < 4.78 is 5.21. The molecule has 2 rings (SSSR count). The number of halogens is 2. The summed E-state index contributed by atoms with van der Waals surface area (Å²) in [5.41, 5.74) is -0.272. The molecule has 26 heavy (non-hydrogen) atoms. The lowest BCUT2D eigenvalue weighted by atomic mass is 10.2. The minimum absolute atomic E-state index is 0.0679. The molecular formula is C16H19Cl2N5O3. The molecule has 2 amide bonds. The van der Waals surface area contributed by atoms with Crippen LogP contribution in [0.2, 0.25) is 10.0 Å². The van der Waals surface area contributed by atoms with E-state index >= 15 is 0 Å². The molecular weight excluding hydrogens is 381 g/mol. The van der Waals surface area contributed by atoms with E-state index < -0.39 is 11.7 Å². The highest BCUT2D eigenvalue weighted by molar-refractivity contribution is 6.42. The monoisotopic (exact) mass is 399 g/mol. The third-order valence-electron chi connectivity index (χ3n) is 2.96. The van der Waals surface area contributed by atoms with Crippen molar-refractivity contribution in [3.8, 4) is 0 Å².